The quantitative estimate of drug-likeness (QED) is 0.795. The molecule has 3 heterocycles. The summed E-state index contributed by atoms with van der Waals surface area (Å²) in [4.78, 5) is 12.8. The number of nitrogen functional groups attached to an aromatic ring is 1. The van der Waals surface area contributed by atoms with E-state index in [9.17, 15) is 0 Å². The van der Waals surface area contributed by atoms with Gasteiger partial charge in [0.05, 0.1) is 17.9 Å². The van der Waals surface area contributed by atoms with Gasteiger partial charge in [0.2, 0.25) is 5.95 Å². The van der Waals surface area contributed by atoms with Crippen molar-refractivity contribution in [1.29, 1.82) is 0 Å². The Kier molecular flexibility index (Phi) is 2.87. The number of hydrogen-bond donors (Lipinski definition) is 1. The third-order valence-electron chi connectivity index (χ3n) is 2.87. The Bertz CT molecular complexity index is 705. The van der Waals surface area contributed by atoms with E-state index in [1.54, 1.807) is 23.9 Å². The second-order valence-corrected chi connectivity index (χ2v) is 5.70. The number of hydrogen-bond acceptors (Lipinski definition) is 6. The zero-order valence-electron chi connectivity index (χ0n) is 10.8. The van der Waals surface area contributed by atoms with Crippen molar-refractivity contribution in [3.8, 4) is 0 Å². The minimum Gasteiger partial charge on any atom is -0.472 e. The number of aromatic nitrogens is 2. The highest BCUT2D eigenvalue weighted by molar-refractivity contribution is 7.18. The van der Waals surface area contributed by atoms with E-state index in [1.165, 1.54) is 4.88 Å². The number of fused-ring (bicyclic) bond motifs is 1. The highest BCUT2D eigenvalue weighted by atomic mass is 32.1. The van der Waals surface area contributed by atoms with E-state index in [4.69, 9.17) is 10.2 Å². The molecule has 0 unspecified atom stereocenters. The number of nitrogens with zero attached hydrogens (tertiary/aromatic N) is 3. The van der Waals surface area contributed by atoms with Crippen molar-refractivity contribution >= 4 is 33.3 Å². The van der Waals surface area contributed by atoms with Crippen LogP contribution in [0.25, 0.3) is 10.2 Å². The van der Waals surface area contributed by atoms with Crippen LogP contribution in [-0.2, 0) is 6.54 Å². The van der Waals surface area contributed by atoms with Crippen LogP contribution in [0.2, 0.25) is 0 Å². The number of furan rings is 1. The molecule has 0 aliphatic heterocycles. The largest absolute Gasteiger partial charge is 0.472 e. The first kappa shape index (κ1) is 12.0. The highest BCUT2D eigenvalue weighted by Gasteiger charge is 2.13. The molecular weight excluding hydrogens is 260 g/mol. The molecule has 0 atom stereocenters. The van der Waals surface area contributed by atoms with Crippen molar-refractivity contribution in [2.24, 2.45) is 0 Å². The monoisotopic (exact) mass is 274 g/mol. The normalized spacial score (nSPS) is 11.1. The summed E-state index contributed by atoms with van der Waals surface area (Å²) in [5.41, 5.74) is 6.88. The predicted molar refractivity (Wildman–Crippen MR) is 77.4 cm³/mol. The average Bonchev–Trinajstić information content (AvgIpc) is 2.96. The first-order valence-corrected chi connectivity index (χ1v) is 6.71. The number of anilines is 2. The summed E-state index contributed by atoms with van der Waals surface area (Å²) >= 11 is 1.63. The number of rotatable bonds is 3. The van der Waals surface area contributed by atoms with Crippen LogP contribution in [0.5, 0.6) is 0 Å². The maximum Gasteiger partial charge on any atom is 0.223 e. The van der Waals surface area contributed by atoms with Crippen molar-refractivity contribution in [2.45, 2.75) is 13.5 Å². The van der Waals surface area contributed by atoms with Crippen LogP contribution in [0.3, 0.4) is 0 Å². The van der Waals surface area contributed by atoms with E-state index in [-0.39, 0.29) is 0 Å². The van der Waals surface area contributed by atoms with Gasteiger partial charge in [0.1, 0.15) is 10.6 Å². The lowest BCUT2D eigenvalue weighted by atomic mass is 10.3. The fourth-order valence-electron chi connectivity index (χ4n) is 2.07. The molecule has 98 valence electrons. The fourth-order valence-corrected chi connectivity index (χ4v) is 2.95. The molecule has 5 nitrogen and oxygen atoms in total. The lowest BCUT2D eigenvalue weighted by molar-refractivity contribution is 0.563. The summed E-state index contributed by atoms with van der Waals surface area (Å²) < 4.78 is 5.08. The van der Waals surface area contributed by atoms with Gasteiger partial charge in [-0.1, -0.05) is 0 Å². The first-order chi connectivity index (χ1) is 9.13. The first-order valence-electron chi connectivity index (χ1n) is 5.89. The van der Waals surface area contributed by atoms with E-state index in [0.29, 0.717) is 5.95 Å². The minimum atomic E-state index is 0.309. The fraction of sp³-hybridized carbons (Fsp3) is 0.231. The van der Waals surface area contributed by atoms with Crippen LogP contribution in [0.15, 0.2) is 29.1 Å². The molecule has 3 rings (SSSR count). The summed E-state index contributed by atoms with van der Waals surface area (Å²) in [6.07, 6.45) is 3.40. The molecular formula is C13H14N4OS. The van der Waals surface area contributed by atoms with Gasteiger partial charge in [-0.25, -0.2) is 4.98 Å². The maximum atomic E-state index is 5.78. The third-order valence-corrected chi connectivity index (χ3v) is 3.82. The SMILES string of the molecule is Cc1cc2c(N(C)Cc3ccoc3)nc(N)nc2s1. The molecule has 0 radical (unpaired) electrons. The zero-order chi connectivity index (χ0) is 13.4. The number of thiophene rings is 1. The standard InChI is InChI=1S/C13H14N4OS/c1-8-5-10-11(15-13(14)16-12(10)19-8)17(2)6-9-3-4-18-7-9/h3-5,7H,6H2,1-2H3,(H2,14,15,16). The van der Waals surface area contributed by atoms with Crippen LogP contribution in [-0.4, -0.2) is 17.0 Å². The molecule has 3 aromatic heterocycles. The van der Waals surface area contributed by atoms with Gasteiger partial charge >= 0.3 is 0 Å². The second-order valence-electron chi connectivity index (χ2n) is 4.47. The smallest absolute Gasteiger partial charge is 0.223 e. The molecule has 0 aliphatic rings. The van der Waals surface area contributed by atoms with Crippen molar-refractivity contribution in [2.75, 3.05) is 17.7 Å². The van der Waals surface area contributed by atoms with E-state index in [0.717, 1.165) is 28.1 Å². The van der Waals surface area contributed by atoms with Crippen LogP contribution in [0.1, 0.15) is 10.4 Å². The molecule has 19 heavy (non-hydrogen) atoms. The highest BCUT2D eigenvalue weighted by Crippen LogP contribution is 2.31. The van der Waals surface area contributed by atoms with Gasteiger partial charge in [-0.2, -0.15) is 4.98 Å². The van der Waals surface area contributed by atoms with E-state index >= 15 is 0 Å². The Labute approximate surface area is 114 Å². The number of nitrogens with two attached hydrogens (primary N) is 1. The number of aryl methyl sites for hydroxylation is 1. The van der Waals surface area contributed by atoms with Crippen LogP contribution < -0.4 is 10.6 Å². The topological polar surface area (TPSA) is 68.2 Å². The molecule has 0 spiro atoms. The molecule has 0 aromatic carbocycles. The summed E-state index contributed by atoms with van der Waals surface area (Å²) in [6.45, 7) is 2.78. The second kappa shape index (κ2) is 4.55. The molecule has 6 heteroatoms. The van der Waals surface area contributed by atoms with Gasteiger partial charge in [-0.3, -0.25) is 0 Å². The summed E-state index contributed by atoms with van der Waals surface area (Å²) in [5.74, 6) is 1.16. The predicted octanol–water partition coefficient (Wildman–Crippen LogP) is 2.81. The average molecular weight is 274 g/mol. The minimum absolute atomic E-state index is 0.309. The van der Waals surface area contributed by atoms with E-state index in [2.05, 4.69) is 27.9 Å². The molecule has 2 N–H and O–H groups in total. The lowest BCUT2D eigenvalue weighted by Gasteiger charge is -2.18. The van der Waals surface area contributed by atoms with Crippen molar-refractivity contribution in [1.82, 2.24) is 9.97 Å². The van der Waals surface area contributed by atoms with Crippen molar-refractivity contribution in [3.63, 3.8) is 0 Å². The van der Waals surface area contributed by atoms with Gasteiger partial charge in [-0.15, -0.1) is 11.3 Å². The molecule has 0 saturated carbocycles. The van der Waals surface area contributed by atoms with Crippen LogP contribution in [0.4, 0.5) is 11.8 Å². The maximum absolute atomic E-state index is 5.78. The third kappa shape index (κ3) is 2.26. The Balaban J connectivity index is 2.03. The Morgan fingerprint density at radius 1 is 1.42 bits per heavy atom. The molecule has 0 saturated heterocycles. The van der Waals surface area contributed by atoms with Crippen LogP contribution >= 0.6 is 11.3 Å². The van der Waals surface area contributed by atoms with Crippen LogP contribution in [0, 0.1) is 6.92 Å². The van der Waals surface area contributed by atoms with Gasteiger partial charge < -0.3 is 15.1 Å². The van der Waals surface area contributed by atoms with Crippen molar-refractivity contribution in [3.05, 3.63) is 35.1 Å². The van der Waals surface area contributed by atoms with E-state index < -0.39 is 0 Å². The summed E-state index contributed by atoms with van der Waals surface area (Å²) in [5, 5.41) is 1.04. The molecule has 0 bridgehead atoms. The van der Waals surface area contributed by atoms with Crippen molar-refractivity contribution < 1.29 is 4.42 Å². The molecule has 0 aliphatic carbocycles. The zero-order valence-corrected chi connectivity index (χ0v) is 11.6. The van der Waals surface area contributed by atoms with Gasteiger partial charge in [0, 0.05) is 24.0 Å². The van der Waals surface area contributed by atoms with Gasteiger partial charge in [-0.05, 0) is 19.1 Å². The van der Waals surface area contributed by atoms with Gasteiger partial charge in [0.15, 0.2) is 0 Å². The summed E-state index contributed by atoms with van der Waals surface area (Å²) in [7, 11) is 1.99. The lowest BCUT2D eigenvalue weighted by Crippen LogP contribution is -2.18. The Hall–Kier alpha value is -2.08. The molecule has 0 fully saturated rings. The Morgan fingerprint density at radius 2 is 2.26 bits per heavy atom. The van der Waals surface area contributed by atoms with Gasteiger partial charge in [0.25, 0.3) is 0 Å². The summed E-state index contributed by atoms with van der Waals surface area (Å²) in [6, 6.07) is 4.04. The molecule has 3 aromatic rings. The molecule has 0 amide bonds. The van der Waals surface area contributed by atoms with E-state index in [1.807, 2.05) is 13.1 Å². The Morgan fingerprint density at radius 3 is 3.00 bits per heavy atom.